The Morgan fingerprint density at radius 1 is 1.29 bits per heavy atom. The van der Waals surface area contributed by atoms with Crippen LogP contribution >= 0.6 is 11.8 Å². The number of hydrogen-bond donors (Lipinski definition) is 0. The highest BCUT2D eigenvalue weighted by molar-refractivity contribution is 8.01. The van der Waals surface area contributed by atoms with Gasteiger partial charge >= 0.3 is 0 Å². The van der Waals surface area contributed by atoms with E-state index >= 15 is 0 Å². The highest BCUT2D eigenvalue weighted by Gasteiger charge is 2.74. The molecule has 14 heavy (non-hydrogen) atoms. The summed E-state index contributed by atoms with van der Waals surface area (Å²) in [6, 6.07) is 8.59. The van der Waals surface area contributed by atoms with E-state index in [9.17, 15) is 4.79 Å². The summed E-state index contributed by atoms with van der Waals surface area (Å²) < 4.78 is 0.320. The van der Waals surface area contributed by atoms with Crippen LogP contribution in [-0.2, 0) is 4.79 Å². The summed E-state index contributed by atoms with van der Waals surface area (Å²) in [4.78, 5) is 13.0. The minimum Gasteiger partial charge on any atom is -0.299 e. The average molecular weight is 202 g/mol. The summed E-state index contributed by atoms with van der Waals surface area (Å²) in [6.45, 7) is 0. The molecule has 1 aromatic carbocycles. The topological polar surface area (TPSA) is 17.1 Å². The van der Waals surface area contributed by atoms with E-state index in [-0.39, 0.29) is 0 Å². The van der Waals surface area contributed by atoms with E-state index in [1.165, 1.54) is 10.5 Å². The zero-order valence-electron chi connectivity index (χ0n) is 7.69. The van der Waals surface area contributed by atoms with Gasteiger partial charge < -0.3 is 0 Å². The Balaban J connectivity index is 1.88. The lowest BCUT2D eigenvalue weighted by molar-refractivity contribution is -0.119. The minimum absolute atomic E-state index is 0.320. The predicted octanol–water partition coefficient (Wildman–Crippen LogP) is 2.61. The first kappa shape index (κ1) is 7.52. The molecule has 1 aromatic rings. The van der Waals surface area contributed by atoms with Gasteiger partial charge in [-0.25, -0.2) is 0 Å². The molecule has 2 aliphatic carbocycles. The van der Waals surface area contributed by atoms with Crippen molar-refractivity contribution in [2.45, 2.75) is 28.4 Å². The van der Waals surface area contributed by atoms with Gasteiger partial charge in [0.15, 0.2) is 0 Å². The van der Waals surface area contributed by atoms with Gasteiger partial charge in [-0.05, 0) is 18.1 Å². The number of carbonyl (C=O) groups is 1. The van der Waals surface area contributed by atoms with Gasteiger partial charge in [0.05, 0.1) is 0 Å². The van der Waals surface area contributed by atoms with Gasteiger partial charge in [0.25, 0.3) is 0 Å². The molecule has 0 amide bonds. The van der Waals surface area contributed by atoms with Gasteiger partial charge in [-0.15, -0.1) is 11.8 Å². The van der Waals surface area contributed by atoms with Crippen molar-refractivity contribution in [3.05, 3.63) is 29.8 Å². The molecule has 70 valence electrons. The molecule has 2 fully saturated rings. The third-order valence-electron chi connectivity index (χ3n) is 3.94. The van der Waals surface area contributed by atoms with Crippen molar-refractivity contribution >= 4 is 17.5 Å². The second-order valence-electron chi connectivity index (χ2n) is 4.52. The summed E-state index contributed by atoms with van der Waals surface area (Å²) in [6.07, 6.45) is 1.93. The molecular formula is C12H10OS. The first-order valence-corrected chi connectivity index (χ1v) is 5.95. The second kappa shape index (κ2) is 2.08. The van der Waals surface area contributed by atoms with Crippen molar-refractivity contribution in [2.24, 2.45) is 5.92 Å². The normalized spacial score (nSPS) is 41.9. The van der Waals surface area contributed by atoms with Crippen LogP contribution in [0.25, 0.3) is 0 Å². The lowest BCUT2D eigenvalue weighted by Crippen LogP contribution is -1.99. The quantitative estimate of drug-likeness (QED) is 0.643. The average Bonchev–Trinajstić information content (AvgIpc) is 2.54. The SMILES string of the molecule is O=C1CC[C@]23Sc4ccccc4[C@@H]2[C@H]13. The summed E-state index contributed by atoms with van der Waals surface area (Å²) in [5, 5.41) is 0. The first-order chi connectivity index (χ1) is 6.83. The van der Waals surface area contributed by atoms with Crippen LogP contribution in [0.2, 0.25) is 0 Å². The van der Waals surface area contributed by atoms with Gasteiger partial charge in [-0.2, -0.15) is 0 Å². The molecule has 1 heterocycles. The monoisotopic (exact) mass is 202 g/mol. The number of carbonyl (C=O) groups excluding carboxylic acids is 1. The lowest BCUT2D eigenvalue weighted by atomic mass is 10.0. The number of benzene rings is 1. The Morgan fingerprint density at radius 3 is 3.07 bits per heavy atom. The van der Waals surface area contributed by atoms with Crippen LogP contribution in [0.3, 0.4) is 0 Å². The molecule has 3 aliphatic rings. The smallest absolute Gasteiger partial charge is 0.138 e. The minimum atomic E-state index is 0.320. The van der Waals surface area contributed by atoms with Crippen LogP contribution in [0.15, 0.2) is 29.2 Å². The van der Waals surface area contributed by atoms with E-state index in [0.29, 0.717) is 22.4 Å². The Bertz CT molecular complexity index is 453. The van der Waals surface area contributed by atoms with E-state index in [4.69, 9.17) is 0 Å². The highest BCUT2D eigenvalue weighted by atomic mass is 32.2. The number of Topliss-reactive ketones (excluding diaryl/α,β-unsaturated/α-hetero) is 1. The maximum absolute atomic E-state index is 11.6. The molecule has 0 N–H and O–H groups in total. The van der Waals surface area contributed by atoms with Crippen molar-refractivity contribution in [3.8, 4) is 0 Å². The summed E-state index contributed by atoms with van der Waals surface area (Å²) in [7, 11) is 0. The first-order valence-electron chi connectivity index (χ1n) is 5.13. The Hall–Kier alpha value is -0.760. The van der Waals surface area contributed by atoms with Gasteiger partial charge in [0.2, 0.25) is 0 Å². The molecule has 1 spiro atoms. The second-order valence-corrected chi connectivity index (χ2v) is 5.92. The van der Waals surface area contributed by atoms with Crippen molar-refractivity contribution in [1.29, 1.82) is 0 Å². The fraction of sp³-hybridized carbons (Fsp3) is 0.417. The third kappa shape index (κ3) is 0.630. The van der Waals surface area contributed by atoms with Crippen LogP contribution in [-0.4, -0.2) is 10.5 Å². The molecule has 3 atom stereocenters. The fourth-order valence-electron chi connectivity index (χ4n) is 3.32. The van der Waals surface area contributed by atoms with Crippen molar-refractivity contribution in [3.63, 3.8) is 0 Å². The molecule has 2 saturated carbocycles. The highest BCUT2D eigenvalue weighted by Crippen LogP contribution is 2.78. The molecular weight excluding hydrogens is 192 g/mol. The molecule has 1 aliphatic heterocycles. The zero-order valence-corrected chi connectivity index (χ0v) is 8.51. The molecule has 0 saturated heterocycles. The summed E-state index contributed by atoms with van der Waals surface area (Å²) in [5.74, 6) is 1.46. The van der Waals surface area contributed by atoms with E-state index in [0.717, 1.165) is 12.8 Å². The molecule has 0 unspecified atom stereocenters. The van der Waals surface area contributed by atoms with Crippen LogP contribution in [0, 0.1) is 5.92 Å². The van der Waals surface area contributed by atoms with E-state index in [2.05, 4.69) is 24.3 Å². The van der Waals surface area contributed by atoms with E-state index in [1.807, 2.05) is 11.8 Å². The largest absolute Gasteiger partial charge is 0.299 e. The molecule has 0 bridgehead atoms. The number of rotatable bonds is 0. The number of ketones is 1. The summed E-state index contributed by atoms with van der Waals surface area (Å²) >= 11 is 1.97. The number of thioether (sulfide) groups is 1. The van der Waals surface area contributed by atoms with Crippen LogP contribution < -0.4 is 0 Å². The number of hydrogen-bond acceptors (Lipinski definition) is 2. The molecule has 0 radical (unpaired) electrons. The van der Waals surface area contributed by atoms with Crippen molar-refractivity contribution in [2.75, 3.05) is 0 Å². The zero-order chi connectivity index (χ0) is 9.34. The summed E-state index contributed by atoms with van der Waals surface area (Å²) in [5.41, 5.74) is 1.44. The van der Waals surface area contributed by atoms with Gasteiger partial charge in [0.1, 0.15) is 5.78 Å². The number of fused-ring (bicyclic) bond motifs is 3. The Kier molecular flexibility index (Phi) is 1.12. The van der Waals surface area contributed by atoms with Crippen LogP contribution in [0.4, 0.5) is 0 Å². The molecule has 0 aromatic heterocycles. The molecule has 1 nitrogen and oxygen atoms in total. The standard InChI is InChI=1S/C12H10OS/c13-8-5-6-12-10(11(8)12)7-3-1-2-4-9(7)14-12/h1-4,10-11H,5-6H2/t10-,11+,12+/m1/s1. The third-order valence-corrected chi connectivity index (χ3v) is 5.62. The van der Waals surface area contributed by atoms with Crippen molar-refractivity contribution < 1.29 is 4.79 Å². The predicted molar refractivity (Wildman–Crippen MR) is 55.5 cm³/mol. The molecule has 2 heteroatoms. The Morgan fingerprint density at radius 2 is 2.14 bits per heavy atom. The lowest BCUT2D eigenvalue weighted by Gasteiger charge is -2.05. The maximum atomic E-state index is 11.6. The van der Waals surface area contributed by atoms with E-state index < -0.39 is 0 Å². The van der Waals surface area contributed by atoms with E-state index in [1.54, 1.807) is 0 Å². The van der Waals surface area contributed by atoms with Crippen LogP contribution in [0.1, 0.15) is 24.3 Å². The Labute approximate surface area is 86.9 Å². The van der Waals surface area contributed by atoms with Gasteiger partial charge in [0, 0.05) is 27.9 Å². The van der Waals surface area contributed by atoms with Gasteiger partial charge in [-0.3, -0.25) is 4.79 Å². The van der Waals surface area contributed by atoms with Crippen LogP contribution in [0.5, 0.6) is 0 Å². The van der Waals surface area contributed by atoms with Gasteiger partial charge in [-0.1, -0.05) is 18.2 Å². The fourth-order valence-corrected chi connectivity index (χ4v) is 5.11. The van der Waals surface area contributed by atoms with Crippen molar-refractivity contribution in [1.82, 2.24) is 0 Å². The molecule has 4 rings (SSSR count). The maximum Gasteiger partial charge on any atom is 0.138 e.